The Kier molecular flexibility index (Phi) is 5.07. The summed E-state index contributed by atoms with van der Waals surface area (Å²) in [5.41, 5.74) is 5.32. The van der Waals surface area contributed by atoms with Crippen molar-refractivity contribution < 1.29 is 23.8 Å². The average Bonchev–Trinajstić information content (AvgIpc) is 2.96. The molecule has 0 atom stereocenters. The van der Waals surface area contributed by atoms with Gasteiger partial charge in [0.2, 0.25) is 5.82 Å². The van der Waals surface area contributed by atoms with Gasteiger partial charge in [0.05, 0.1) is 19.3 Å². The third-order valence-corrected chi connectivity index (χ3v) is 6.57. The Morgan fingerprint density at radius 1 is 1.34 bits per heavy atom. The molecular weight excluding hydrogens is 398 g/mol. The van der Waals surface area contributed by atoms with Crippen LogP contribution in [-0.2, 0) is 14.3 Å². The topological polar surface area (TPSA) is 120 Å². The Labute approximate surface area is 171 Å². The van der Waals surface area contributed by atoms with Crippen LogP contribution >= 0.6 is 10.0 Å². The van der Waals surface area contributed by atoms with Crippen molar-refractivity contribution in [3.8, 4) is 5.88 Å². The number of aromatic nitrogens is 2. The second-order valence-electron chi connectivity index (χ2n) is 8.61. The van der Waals surface area contributed by atoms with Gasteiger partial charge in [-0.25, -0.2) is 24.8 Å². The Morgan fingerprint density at radius 3 is 2.79 bits per heavy atom. The van der Waals surface area contributed by atoms with E-state index in [1.807, 2.05) is 0 Å². The van der Waals surface area contributed by atoms with Gasteiger partial charge in [-0.05, 0) is 18.8 Å². The highest BCUT2D eigenvalue weighted by Crippen LogP contribution is 2.42. The summed E-state index contributed by atoms with van der Waals surface area (Å²) in [6, 6.07) is 0.0472. The highest BCUT2D eigenvalue weighted by Gasteiger charge is 2.54. The molecule has 160 valence electrons. The van der Waals surface area contributed by atoms with Gasteiger partial charge in [0.1, 0.15) is 12.3 Å². The summed E-state index contributed by atoms with van der Waals surface area (Å²) in [5, 5.41) is 0. The molecule has 1 saturated heterocycles. The van der Waals surface area contributed by atoms with E-state index < -0.39 is 21.7 Å². The lowest BCUT2D eigenvalue weighted by molar-refractivity contribution is -0.122. The van der Waals surface area contributed by atoms with Crippen LogP contribution in [0.3, 0.4) is 0 Å². The van der Waals surface area contributed by atoms with Crippen LogP contribution in [0.2, 0.25) is 0 Å². The first-order valence-electron chi connectivity index (χ1n) is 9.46. The summed E-state index contributed by atoms with van der Waals surface area (Å²) in [6.07, 6.45) is 8.86. The van der Waals surface area contributed by atoms with Gasteiger partial charge in [0.25, 0.3) is 11.8 Å². The van der Waals surface area contributed by atoms with Crippen molar-refractivity contribution in [3.05, 3.63) is 6.20 Å². The SMILES string of the molecule is CS(C)(C)CCOCN1C(=O)COc2ncc(N3CC4(CC(N)C4)OC3=O)nc21. The van der Waals surface area contributed by atoms with Gasteiger partial charge in [-0.3, -0.25) is 14.6 Å². The number of amides is 2. The quantitative estimate of drug-likeness (QED) is 0.661. The Balaban J connectivity index is 1.49. The standard InChI is InChI=1S/C18H27N5O5S/c1-29(2,3)5-4-26-11-23-14(24)9-27-16-15(23)21-13(8-20-16)22-10-18(28-17(22)25)6-12(19)7-18/h8,12H,4-7,9-11,19H2,1-3H3. The van der Waals surface area contributed by atoms with Crippen molar-refractivity contribution in [1.82, 2.24) is 9.97 Å². The average molecular weight is 426 g/mol. The number of hydrogen-bond acceptors (Lipinski definition) is 8. The molecule has 0 radical (unpaired) electrons. The first kappa shape index (κ1) is 20.2. The van der Waals surface area contributed by atoms with Crippen LogP contribution in [0.15, 0.2) is 6.20 Å². The Morgan fingerprint density at radius 2 is 2.10 bits per heavy atom. The number of rotatable bonds is 6. The number of hydrogen-bond donors (Lipinski definition) is 1. The highest BCUT2D eigenvalue weighted by atomic mass is 32.3. The van der Waals surface area contributed by atoms with Crippen molar-refractivity contribution in [2.24, 2.45) is 5.73 Å². The van der Waals surface area contributed by atoms with E-state index in [0.29, 0.717) is 31.8 Å². The first-order valence-corrected chi connectivity index (χ1v) is 12.5. The van der Waals surface area contributed by atoms with Crippen LogP contribution in [0.5, 0.6) is 5.88 Å². The first-order chi connectivity index (χ1) is 13.7. The predicted molar refractivity (Wildman–Crippen MR) is 110 cm³/mol. The maximum absolute atomic E-state index is 12.4. The molecule has 1 aromatic rings. The number of ether oxygens (including phenoxy) is 3. The monoisotopic (exact) mass is 425 g/mol. The minimum Gasteiger partial charge on any atom is -0.465 e. The van der Waals surface area contributed by atoms with E-state index >= 15 is 0 Å². The second kappa shape index (κ2) is 7.29. The zero-order valence-electron chi connectivity index (χ0n) is 16.9. The molecule has 1 spiro atoms. The molecular formula is C18H27N5O5S. The van der Waals surface area contributed by atoms with E-state index in [9.17, 15) is 9.59 Å². The maximum atomic E-state index is 12.4. The summed E-state index contributed by atoms with van der Waals surface area (Å²) in [6.45, 7) is 0.855. The zero-order chi connectivity index (χ0) is 20.8. The highest BCUT2D eigenvalue weighted by molar-refractivity contribution is 8.32. The molecule has 0 bridgehead atoms. The molecule has 2 aliphatic heterocycles. The van der Waals surface area contributed by atoms with Gasteiger partial charge in [0, 0.05) is 24.6 Å². The van der Waals surface area contributed by atoms with Crippen LogP contribution in [-0.4, -0.2) is 84.6 Å². The molecule has 0 unspecified atom stereocenters. The molecule has 1 aliphatic carbocycles. The fourth-order valence-electron chi connectivity index (χ4n) is 3.60. The number of nitrogens with zero attached hydrogens (tertiary/aromatic N) is 4. The lowest BCUT2D eigenvalue weighted by atomic mass is 9.76. The normalized spacial score (nSPS) is 26.8. The van der Waals surface area contributed by atoms with Gasteiger partial charge in [-0.1, -0.05) is 0 Å². The minimum atomic E-state index is -0.685. The molecule has 2 amide bonds. The van der Waals surface area contributed by atoms with Crippen molar-refractivity contribution in [3.63, 3.8) is 0 Å². The Hall–Kier alpha value is -2.11. The van der Waals surface area contributed by atoms with Gasteiger partial charge in [-0.15, -0.1) is 0 Å². The van der Waals surface area contributed by atoms with Crippen molar-refractivity contribution in [2.75, 3.05) is 60.8 Å². The van der Waals surface area contributed by atoms with E-state index in [4.69, 9.17) is 19.9 Å². The summed E-state index contributed by atoms with van der Waals surface area (Å²) in [5.74, 6) is 1.48. The van der Waals surface area contributed by atoms with E-state index in [1.54, 1.807) is 0 Å². The van der Waals surface area contributed by atoms with E-state index in [0.717, 1.165) is 5.75 Å². The number of fused-ring (bicyclic) bond motifs is 1. The molecule has 3 heterocycles. The molecule has 3 aliphatic rings. The molecule has 4 rings (SSSR count). The summed E-state index contributed by atoms with van der Waals surface area (Å²) in [7, 11) is -0.685. The molecule has 2 fully saturated rings. The summed E-state index contributed by atoms with van der Waals surface area (Å²) >= 11 is 0. The third kappa shape index (κ3) is 4.12. The van der Waals surface area contributed by atoms with Crippen molar-refractivity contribution >= 4 is 33.7 Å². The molecule has 11 heteroatoms. The maximum Gasteiger partial charge on any atom is 0.416 e. The van der Waals surface area contributed by atoms with Gasteiger partial charge >= 0.3 is 6.09 Å². The summed E-state index contributed by atoms with van der Waals surface area (Å²) in [4.78, 5) is 36.3. The van der Waals surface area contributed by atoms with E-state index in [1.165, 1.54) is 16.0 Å². The molecule has 10 nitrogen and oxygen atoms in total. The third-order valence-electron chi connectivity index (χ3n) is 5.17. The van der Waals surface area contributed by atoms with Crippen LogP contribution in [0.25, 0.3) is 0 Å². The molecule has 2 N–H and O–H groups in total. The largest absolute Gasteiger partial charge is 0.465 e. The molecule has 29 heavy (non-hydrogen) atoms. The van der Waals surface area contributed by atoms with E-state index in [-0.39, 0.29) is 37.0 Å². The van der Waals surface area contributed by atoms with Crippen LogP contribution in [0.4, 0.5) is 16.4 Å². The van der Waals surface area contributed by atoms with Gasteiger partial charge in [0.15, 0.2) is 12.4 Å². The number of nitrogens with two attached hydrogens (primary N) is 1. The Bertz CT molecular complexity index is 823. The predicted octanol–water partition coefficient (Wildman–Crippen LogP) is 0.687. The fourth-order valence-corrected chi connectivity index (χ4v) is 4.22. The molecule has 1 aromatic heterocycles. The van der Waals surface area contributed by atoms with Crippen LogP contribution in [0, 0.1) is 0 Å². The van der Waals surface area contributed by atoms with Gasteiger partial charge in [-0.2, -0.15) is 0 Å². The number of carbonyl (C=O) groups is 2. The minimum absolute atomic E-state index is 0.0472. The number of carbonyl (C=O) groups excluding carboxylic acids is 2. The van der Waals surface area contributed by atoms with Gasteiger partial charge < -0.3 is 19.9 Å². The zero-order valence-corrected chi connectivity index (χ0v) is 17.7. The van der Waals surface area contributed by atoms with Crippen LogP contribution in [0.1, 0.15) is 12.8 Å². The van der Waals surface area contributed by atoms with Crippen molar-refractivity contribution in [1.29, 1.82) is 0 Å². The molecule has 0 aromatic carbocycles. The smallest absolute Gasteiger partial charge is 0.416 e. The van der Waals surface area contributed by atoms with Crippen LogP contribution < -0.4 is 20.3 Å². The van der Waals surface area contributed by atoms with E-state index in [2.05, 4.69) is 28.7 Å². The second-order valence-corrected chi connectivity index (χ2v) is 13.2. The lowest BCUT2D eigenvalue weighted by Crippen LogP contribution is -2.54. The molecule has 1 saturated carbocycles. The van der Waals surface area contributed by atoms with Crippen molar-refractivity contribution in [2.45, 2.75) is 24.5 Å². The fraction of sp³-hybridized carbons (Fsp3) is 0.667. The summed E-state index contributed by atoms with van der Waals surface area (Å²) < 4.78 is 16.6. The lowest BCUT2D eigenvalue weighted by Gasteiger charge is -2.40. The number of anilines is 2.